The molecule has 1 aromatic rings. The summed E-state index contributed by atoms with van der Waals surface area (Å²) in [6, 6.07) is 9.15. The lowest BCUT2D eigenvalue weighted by Crippen LogP contribution is -2.40. The molecule has 2 N–H and O–H groups in total. The zero-order chi connectivity index (χ0) is 13.0. The molecular weight excluding hydrogens is 226 g/mol. The second-order valence-corrected chi connectivity index (χ2v) is 5.17. The maximum atomic E-state index is 10.4. The molecule has 0 aliphatic heterocycles. The largest absolute Gasteiger partial charge is 0.481 e. The summed E-state index contributed by atoms with van der Waals surface area (Å²) in [5, 5.41) is 12.0. The van der Waals surface area contributed by atoms with Crippen molar-refractivity contribution in [1.82, 2.24) is 5.32 Å². The molecule has 1 aliphatic carbocycles. The van der Waals surface area contributed by atoms with E-state index in [1.165, 1.54) is 24.0 Å². The Morgan fingerprint density at radius 3 is 2.78 bits per heavy atom. The highest BCUT2D eigenvalue weighted by Crippen LogP contribution is 2.38. The molecule has 0 spiro atoms. The molecular formula is C15H21NO2. The van der Waals surface area contributed by atoms with Crippen molar-refractivity contribution in [2.24, 2.45) is 0 Å². The van der Waals surface area contributed by atoms with Crippen molar-refractivity contribution >= 4 is 5.97 Å². The second-order valence-electron chi connectivity index (χ2n) is 5.17. The molecule has 1 saturated carbocycles. The Hall–Kier alpha value is -1.35. The topological polar surface area (TPSA) is 49.3 Å². The third kappa shape index (κ3) is 3.33. The number of carboxylic acids is 1. The van der Waals surface area contributed by atoms with E-state index in [4.69, 9.17) is 5.11 Å². The third-order valence-corrected chi connectivity index (χ3v) is 3.77. The molecule has 0 heterocycles. The number of nitrogens with one attached hydrogen (secondary N) is 1. The van der Waals surface area contributed by atoms with Crippen molar-refractivity contribution in [2.75, 3.05) is 6.54 Å². The predicted octanol–water partition coefficient (Wildman–Crippen LogP) is 2.70. The average molecular weight is 247 g/mol. The van der Waals surface area contributed by atoms with E-state index in [0.717, 1.165) is 13.0 Å². The molecule has 0 radical (unpaired) electrons. The highest BCUT2D eigenvalue weighted by atomic mass is 16.4. The Morgan fingerprint density at radius 1 is 1.39 bits per heavy atom. The van der Waals surface area contributed by atoms with Crippen molar-refractivity contribution in [1.29, 1.82) is 0 Å². The van der Waals surface area contributed by atoms with Crippen LogP contribution in [0, 0.1) is 6.92 Å². The van der Waals surface area contributed by atoms with Gasteiger partial charge in [0.15, 0.2) is 0 Å². The van der Waals surface area contributed by atoms with Gasteiger partial charge in [0.2, 0.25) is 0 Å². The fourth-order valence-electron chi connectivity index (χ4n) is 2.63. The number of hydrogen-bond donors (Lipinski definition) is 2. The molecule has 18 heavy (non-hydrogen) atoms. The van der Waals surface area contributed by atoms with E-state index < -0.39 is 5.97 Å². The van der Waals surface area contributed by atoms with Crippen LogP contribution in [0.4, 0.5) is 0 Å². The molecule has 0 atom stereocenters. The van der Waals surface area contributed by atoms with Gasteiger partial charge in [-0.1, -0.05) is 24.3 Å². The number of aliphatic carboxylic acids is 1. The Bertz CT molecular complexity index is 411. The Kier molecular flexibility index (Phi) is 4.37. The van der Waals surface area contributed by atoms with Crippen molar-refractivity contribution < 1.29 is 9.90 Å². The zero-order valence-corrected chi connectivity index (χ0v) is 10.9. The van der Waals surface area contributed by atoms with Gasteiger partial charge in [0.25, 0.3) is 0 Å². The van der Waals surface area contributed by atoms with Crippen LogP contribution in [0.2, 0.25) is 0 Å². The van der Waals surface area contributed by atoms with Crippen molar-refractivity contribution in [3.8, 4) is 0 Å². The van der Waals surface area contributed by atoms with Gasteiger partial charge in [-0.15, -0.1) is 0 Å². The monoisotopic (exact) mass is 247 g/mol. The van der Waals surface area contributed by atoms with Crippen molar-refractivity contribution in [2.45, 2.75) is 44.6 Å². The molecule has 3 nitrogen and oxygen atoms in total. The molecule has 0 saturated heterocycles. The average Bonchev–Trinajstić information content (AvgIpc) is 2.28. The minimum atomic E-state index is -0.705. The standard InChI is InChI=1S/C15H21NO2/c1-11-5-2-3-6-14(11)12-9-13(10-12)16-8-4-7-15(17)18/h2-3,5-6,12-13,16H,4,7-10H2,1H3,(H,17,18). The maximum absolute atomic E-state index is 10.4. The molecule has 0 aromatic heterocycles. The lowest BCUT2D eigenvalue weighted by molar-refractivity contribution is -0.137. The van der Waals surface area contributed by atoms with Crippen molar-refractivity contribution in [3.05, 3.63) is 35.4 Å². The summed E-state index contributed by atoms with van der Waals surface area (Å²) in [5.41, 5.74) is 2.85. The van der Waals surface area contributed by atoms with Crippen LogP contribution in [0.15, 0.2) is 24.3 Å². The molecule has 0 amide bonds. The first-order valence-corrected chi connectivity index (χ1v) is 6.67. The van der Waals surface area contributed by atoms with Crippen molar-refractivity contribution in [3.63, 3.8) is 0 Å². The van der Waals surface area contributed by atoms with E-state index in [1.807, 2.05) is 0 Å². The van der Waals surface area contributed by atoms with Crippen LogP contribution in [0.3, 0.4) is 0 Å². The Morgan fingerprint density at radius 2 is 2.11 bits per heavy atom. The fourth-order valence-corrected chi connectivity index (χ4v) is 2.63. The van der Waals surface area contributed by atoms with E-state index in [2.05, 4.69) is 36.5 Å². The predicted molar refractivity (Wildman–Crippen MR) is 71.8 cm³/mol. The summed E-state index contributed by atoms with van der Waals surface area (Å²) in [7, 11) is 0. The van der Waals surface area contributed by atoms with Crippen LogP contribution in [0.25, 0.3) is 0 Å². The number of rotatable bonds is 6. The molecule has 0 bridgehead atoms. The van der Waals surface area contributed by atoms with Gasteiger partial charge < -0.3 is 10.4 Å². The maximum Gasteiger partial charge on any atom is 0.303 e. The number of aryl methyl sites for hydroxylation is 1. The first-order chi connectivity index (χ1) is 8.66. The zero-order valence-electron chi connectivity index (χ0n) is 10.9. The summed E-state index contributed by atoms with van der Waals surface area (Å²) in [6.07, 6.45) is 3.34. The van der Waals surface area contributed by atoms with Crippen LogP contribution < -0.4 is 5.32 Å². The normalized spacial score (nSPS) is 22.5. The van der Waals surface area contributed by atoms with Gasteiger partial charge in [0.05, 0.1) is 0 Å². The molecule has 2 rings (SSSR count). The minimum absolute atomic E-state index is 0.265. The minimum Gasteiger partial charge on any atom is -0.481 e. The third-order valence-electron chi connectivity index (χ3n) is 3.77. The molecule has 98 valence electrons. The molecule has 1 aliphatic rings. The highest BCUT2D eigenvalue weighted by Gasteiger charge is 2.30. The van der Waals surface area contributed by atoms with E-state index in [-0.39, 0.29) is 6.42 Å². The lowest BCUT2D eigenvalue weighted by atomic mass is 9.74. The smallest absolute Gasteiger partial charge is 0.303 e. The second kappa shape index (κ2) is 6.01. The molecule has 0 unspecified atom stereocenters. The molecule has 1 fully saturated rings. The van der Waals surface area contributed by atoms with Crippen LogP contribution >= 0.6 is 0 Å². The van der Waals surface area contributed by atoms with Gasteiger partial charge in [-0.3, -0.25) is 4.79 Å². The quantitative estimate of drug-likeness (QED) is 0.760. The van der Waals surface area contributed by atoms with Gasteiger partial charge in [0, 0.05) is 12.5 Å². The SMILES string of the molecule is Cc1ccccc1C1CC(NCCCC(=O)O)C1. The van der Waals surface area contributed by atoms with Crippen LogP contribution in [0.1, 0.15) is 42.7 Å². The van der Waals surface area contributed by atoms with Gasteiger partial charge in [-0.25, -0.2) is 0 Å². The Labute approximate surface area is 108 Å². The summed E-state index contributed by atoms with van der Waals surface area (Å²) >= 11 is 0. The fraction of sp³-hybridized carbons (Fsp3) is 0.533. The van der Waals surface area contributed by atoms with Crippen LogP contribution in [0.5, 0.6) is 0 Å². The van der Waals surface area contributed by atoms with Crippen LogP contribution in [-0.2, 0) is 4.79 Å². The molecule has 3 heteroatoms. The number of benzene rings is 1. The van der Waals surface area contributed by atoms with Crippen LogP contribution in [-0.4, -0.2) is 23.7 Å². The van der Waals surface area contributed by atoms with Gasteiger partial charge in [-0.05, 0) is 49.8 Å². The summed E-state index contributed by atoms with van der Waals surface area (Å²) in [5.74, 6) is -0.0219. The van der Waals surface area contributed by atoms with E-state index in [1.54, 1.807) is 0 Å². The number of carbonyl (C=O) groups is 1. The highest BCUT2D eigenvalue weighted by molar-refractivity contribution is 5.66. The summed E-state index contributed by atoms with van der Waals surface area (Å²) in [6.45, 7) is 2.99. The summed E-state index contributed by atoms with van der Waals surface area (Å²) < 4.78 is 0. The first kappa shape index (κ1) is 13.1. The first-order valence-electron chi connectivity index (χ1n) is 6.67. The van der Waals surface area contributed by atoms with E-state index >= 15 is 0 Å². The van der Waals surface area contributed by atoms with Gasteiger partial charge in [-0.2, -0.15) is 0 Å². The van der Waals surface area contributed by atoms with Gasteiger partial charge >= 0.3 is 5.97 Å². The number of hydrogen-bond acceptors (Lipinski definition) is 2. The lowest BCUT2D eigenvalue weighted by Gasteiger charge is -2.37. The number of carboxylic acid groups (broad SMARTS) is 1. The Balaban J connectivity index is 1.68. The van der Waals surface area contributed by atoms with E-state index in [0.29, 0.717) is 12.0 Å². The van der Waals surface area contributed by atoms with Gasteiger partial charge in [0.1, 0.15) is 0 Å². The molecule has 1 aromatic carbocycles. The summed E-state index contributed by atoms with van der Waals surface area (Å²) in [4.78, 5) is 10.4. The van der Waals surface area contributed by atoms with E-state index in [9.17, 15) is 4.79 Å².